The van der Waals surface area contributed by atoms with Gasteiger partial charge in [-0.1, -0.05) is 25.4 Å². The van der Waals surface area contributed by atoms with Crippen LogP contribution in [0.4, 0.5) is 17.5 Å². The van der Waals surface area contributed by atoms with Gasteiger partial charge < -0.3 is 24.6 Å². The Morgan fingerprint density at radius 2 is 2.00 bits per heavy atom. The number of carboxylic acids is 1. The summed E-state index contributed by atoms with van der Waals surface area (Å²) in [6.45, 7) is 5.66. The molecule has 2 unspecified atom stereocenters. The normalized spacial score (nSPS) is 18.4. The van der Waals surface area contributed by atoms with Crippen LogP contribution < -0.4 is 20.5 Å². The highest BCUT2D eigenvalue weighted by atomic mass is 35.5. The van der Waals surface area contributed by atoms with Crippen LogP contribution in [0.3, 0.4) is 0 Å². The second kappa shape index (κ2) is 9.27. The number of carbonyl (C=O) groups is 1. The largest absolute Gasteiger partial charge is 0.479 e. The lowest BCUT2D eigenvalue weighted by molar-refractivity contribution is -0.139. The number of aliphatic carboxylic acids is 1. The number of fused-ring (bicyclic) bond motifs is 1. The molecule has 1 aliphatic rings. The highest BCUT2D eigenvalue weighted by molar-refractivity contribution is 6.32. The lowest BCUT2D eigenvalue weighted by atomic mass is 9.92. The first kappa shape index (κ1) is 22.8. The zero-order valence-corrected chi connectivity index (χ0v) is 19.5. The van der Waals surface area contributed by atoms with E-state index in [0.717, 1.165) is 13.1 Å². The number of piperidine rings is 1. The summed E-state index contributed by atoms with van der Waals surface area (Å²) in [7, 11) is 1.61. The van der Waals surface area contributed by atoms with Crippen LogP contribution in [0.15, 0.2) is 35.3 Å². The van der Waals surface area contributed by atoms with Gasteiger partial charge in [0.25, 0.3) is 5.56 Å². The minimum absolute atomic E-state index is 0.0276. The number of hydrogen-bond acceptors (Lipinski definition) is 7. The molecule has 174 valence electrons. The molecule has 2 aromatic heterocycles. The molecule has 2 N–H and O–H groups in total. The summed E-state index contributed by atoms with van der Waals surface area (Å²) in [6, 6.07) is 6.98. The van der Waals surface area contributed by atoms with Crippen LogP contribution >= 0.6 is 11.6 Å². The highest BCUT2D eigenvalue weighted by Crippen LogP contribution is 2.29. The van der Waals surface area contributed by atoms with Crippen LogP contribution in [0.5, 0.6) is 5.75 Å². The van der Waals surface area contributed by atoms with Crippen LogP contribution in [0.25, 0.3) is 10.9 Å². The summed E-state index contributed by atoms with van der Waals surface area (Å²) in [5, 5.41) is 13.2. The molecule has 10 heteroatoms. The van der Waals surface area contributed by atoms with Crippen molar-refractivity contribution in [1.82, 2.24) is 14.5 Å². The van der Waals surface area contributed by atoms with Crippen LogP contribution in [-0.4, -0.2) is 45.3 Å². The molecule has 2 atom stereocenters. The minimum Gasteiger partial charge on any atom is -0.479 e. The molecule has 0 radical (unpaired) electrons. The maximum absolute atomic E-state index is 12.4. The van der Waals surface area contributed by atoms with Gasteiger partial charge in [0.1, 0.15) is 5.02 Å². The fraction of sp³-hybridized carbons (Fsp3) is 0.391. The van der Waals surface area contributed by atoms with E-state index in [9.17, 15) is 9.59 Å². The fourth-order valence-electron chi connectivity index (χ4n) is 4.33. The van der Waals surface area contributed by atoms with E-state index in [2.05, 4.69) is 34.0 Å². The number of aryl methyl sites for hydroxylation is 1. The molecule has 0 amide bonds. The van der Waals surface area contributed by atoms with E-state index in [0.29, 0.717) is 45.2 Å². The summed E-state index contributed by atoms with van der Waals surface area (Å²) in [5.74, 6) is 1.06. The predicted octanol–water partition coefficient (Wildman–Crippen LogP) is 3.67. The van der Waals surface area contributed by atoms with Crippen LogP contribution in [-0.2, 0) is 11.8 Å². The molecule has 33 heavy (non-hydrogen) atoms. The van der Waals surface area contributed by atoms with Crippen molar-refractivity contribution in [3.63, 3.8) is 0 Å². The molecule has 0 aliphatic carbocycles. The number of ether oxygens (including phenoxy) is 1. The molecule has 0 saturated carbocycles. The molecular weight excluding hydrogens is 446 g/mol. The van der Waals surface area contributed by atoms with Gasteiger partial charge >= 0.3 is 5.97 Å². The Morgan fingerprint density at radius 3 is 2.70 bits per heavy atom. The van der Waals surface area contributed by atoms with Crippen molar-refractivity contribution in [2.45, 2.75) is 20.3 Å². The molecule has 1 aliphatic heterocycles. The van der Waals surface area contributed by atoms with Crippen molar-refractivity contribution in [3.05, 3.63) is 45.8 Å². The van der Waals surface area contributed by atoms with Crippen molar-refractivity contribution < 1.29 is 14.6 Å². The van der Waals surface area contributed by atoms with Crippen LogP contribution in [0, 0.1) is 11.8 Å². The van der Waals surface area contributed by atoms with Gasteiger partial charge in [-0.05, 0) is 42.5 Å². The minimum atomic E-state index is -1.15. The van der Waals surface area contributed by atoms with E-state index in [4.69, 9.17) is 21.4 Å². The van der Waals surface area contributed by atoms with Crippen molar-refractivity contribution in [2.24, 2.45) is 18.9 Å². The Hall–Kier alpha value is -3.33. The molecule has 4 rings (SSSR count). The maximum atomic E-state index is 12.4. The number of pyridine rings is 1. The molecular formula is C23H26ClN5O4. The lowest BCUT2D eigenvalue weighted by Gasteiger charge is -2.35. The molecule has 0 spiro atoms. The van der Waals surface area contributed by atoms with E-state index in [1.807, 2.05) is 12.1 Å². The number of carboxylic acid groups (broad SMARTS) is 1. The van der Waals surface area contributed by atoms with Gasteiger partial charge in [-0.2, -0.15) is 4.98 Å². The molecule has 3 heterocycles. The van der Waals surface area contributed by atoms with Gasteiger partial charge in [-0.3, -0.25) is 4.79 Å². The summed E-state index contributed by atoms with van der Waals surface area (Å²) in [5.41, 5.74) is 0.981. The lowest BCUT2D eigenvalue weighted by Crippen LogP contribution is -2.39. The average molecular weight is 472 g/mol. The third-order valence-corrected chi connectivity index (χ3v) is 5.96. The number of anilines is 3. The molecule has 1 aromatic carbocycles. The molecule has 1 saturated heterocycles. The third-order valence-electron chi connectivity index (χ3n) is 5.69. The number of aromatic nitrogens is 3. The topological polar surface area (TPSA) is 110 Å². The van der Waals surface area contributed by atoms with Gasteiger partial charge in [-0.15, -0.1) is 0 Å². The van der Waals surface area contributed by atoms with Crippen molar-refractivity contribution in [2.75, 3.05) is 29.9 Å². The van der Waals surface area contributed by atoms with Gasteiger partial charge in [0, 0.05) is 31.2 Å². The Labute approximate surface area is 196 Å². The van der Waals surface area contributed by atoms with Crippen LogP contribution in [0.1, 0.15) is 20.3 Å². The number of halogens is 1. The first-order valence-corrected chi connectivity index (χ1v) is 11.1. The first-order valence-electron chi connectivity index (χ1n) is 10.7. The smallest absolute Gasteiger partial charge is 0.341 e. The predicted molar refractivity (Wildman–Crippen MR) is 128 cm³/mol. The van der Waals surface area contributed by atoms with Crippen LogP contribution in [0.2, 0.25) is 5.02 Å². The molecule has 1 fully saturated rings. The van der Waals surface area contributed by atoms with Crippen molar-refractivity contribution in [1.29, 1.82) is 0 Å². The van der Waals surface area contributed by atoms with E-state index in [1.54, 1.807) is 19.3 Å². The third kappa shape index (κ3) is 5.03. The Bertz CT molecular complexity index is 1250. The van der Waals surface area contributed by atoms with E-state index in [-0.39, 0.29) is 5.75 Å². The average Bonchev–Trinajstić information content (AvgIpc) is 2.76. The zero-order valence-electron chi connectivity index (χ0n) is 18.7. The van der Waals surface area contributed by atoms with E-state index >= 15 is 0 Å². The van der Waals surface area contributed by atoms with Gasteiger partial charge in [0.05, 0.1) is 11.7 Å². The zero-order chi connectivity index (χ0) is 23.7. The number of rotatable bonds is 6. The van der Waals surface area contributed by atoms with Crippen molar-refractivity contribution >= 4 is 45.9 Å². The fourth-order valence-corrected chi connectivity index (χ4v) is 4.47. The van der Waals surface area contributed by atoms with E-state index in [1.165, 1.54) is 17.1 Å². The quantitative estimate of drug-likeness (QED) is 0.560. The molecule has 3 aromatic rings. The SMILES string of the molecule is CC1CC(C)CN(c2ncc(Cl)c(Nc3ccc4c(c3)cc(OCC(=O)O)c(=O)n4C)n2)C1. The summed E-state index contributed by atoms with van der Waals surface area (Å²) in [6.07, 6.45) is 2.78. The van der Waals surface area contributed by atoms with Gasteiger partial charge in [0.2, 0.25) is 5.95 Å². The Morgan fingerprint density at radius 1 is 1.27 bits per heavy atom. The highest BCUT2D eigenvalue weighted by Gasteiger charge is 2.24. The first-order chi connectivity index (χ1) is 15.7. The maximum Gasteiger partial charge on any atom is 0.341 e. The summed E-state index contributed by atoms with van der Waals surface area (Å²) >= 11 is 6.38. The van der Waals surface area contributed by atoms with Crippen molar-refractivity contribution in [3.8, 4) is 5.75 Å². The Balaban J connectivity index is 1.64. The number of hydrogen-bond donors (Lipinski definition) is 2. The molecule has 9 nitrogen and oxygen atoms in total. The monoisotopic (exact) mass is 471 g/mol. The molecule has 0 bridgehead atoms. The van der Waals surface area contributed by atoms with Gasteiger partial charge in [0.15, 0.2) is 18.2 Å². The van der Waals surface area contributed by atoms with Gasteiger partial charge in [-0.25, -0.2) is 9.78 Å². The number of benzene rings is 1. The number of nitrogens with zero attached hydrogens (tertiary/aromatic N) is 4. The number of nitrogens with one attached hydrogen (secondary N) is 1. The second-order valence-corrected chi connectivity index (χ2v) is 9.08. The summed E-state index contributed by atoms with van der Waals surface area (Å²) in [4.78, 5) is 34.5. The standard InChI is InChI=1S/C23H26ClN5O4/c1-13-6-14(2)11-29(10-13)23-25-9-17(24)21(27-23)26-16-4-5-18-15(7-16)8-19(22(32)28(18)3)33-12-20(30)31/h4-5,7-9,13-14H,6,10-12H2,1-3H3,(H,30,31)(H,25,26,27). The summed E-state index contributed by atoms with van der Waals surface area (Å²) < 4.78 is 6.59. The van der Waals surface area contributed by atoms with E-state index < -0.39 is 18.1 Å². The second-order valence-electron chi connectivity index (χ2n) is 8.67. The Kier molecular flexibility index (Phi) is 6.42.